The molecule has 1 aliphatic rings. The van der Waals surface area contributed by atoms with Gasteiger partial charge >= 0.3 is 6.09 Å². The molecule has 1 fully saturated rings. The van der Waals surface area contributed by atoms with Gasteiger partial charge in [0, 0.05) is 29.5 Å². The quantitative estimate of drug-likeness (QED) is 0.318. The van der Waals surface area contributed by atoms with Gasteiger partial charge in [0.25, 0.3) is 5.69 Å². The molecule has 0 spiro atoms. The molecule has 1 amide bonds. The van der Waals surface area contributed by atoms with E-state index >= 15 is 0 Å². The van der Waals surface area contributed by atoms with Crippen molar-refractivity contribution in [3.05, 3.63) is 56.8 Å². The minimum absolute atomic E-state index is 0.0778. The van der Waals surface area contributed by atoms with E-state index in [2.05, 4.69) is 20.7 Å². The summed E-state index contributed by atoms with van der Waals surface area (Å²) in [6, 6.07) is 5.75. The molecule has 2 heterocycles. The van der Waals surface area contributed by atoms with E-state index in [4.69, 9.17) is 4.74 Å². The average Bonchev–Trinajstić information content (AvgIpc) is 3.19. The molecule has 1 saturated heterocycles. The molecule has 1 aromatic carbocycles. The van der Waals surface area contributed by atoms with Crippen molar-refractivity contribution in [2.45, 2.75) is 61.0 Å². The van der Waals surface area contributed by atoms with Crippen LogP contribution in [0, 0.1) is 10.1 Å². The molecule has 3 atom stereocenters. The highest BCUT2D eigenvalue weighted by Gasteiger charge is 2.39. The van der Waals surface area contributed by atoms with Gasteiger partial charge in [-0.3, -0.25) is 15.0 Å². The molecule has 2 aromatic rings. The Hall–Kier alpha value is -2.02. The van der Waals surface area contributed by atoms with Crippen LogP contribution in [-0.2, 0) is 14.8 Å². The zero-order chi connectivity index (χ0) is 24.4. The van der Waals surface area contributed by atoms with E-state index in [0.29, 0.717) is 12.8 Å². The summed E-state index contributed by atoms with van der Waals surface area (Å²) < 4.78 is 34.2. The van der Waals surface area contributed by atoms with Crippen LogP contribution < -0.4 is 4.72 Å². The number of halogens is 1. The lowest BCUT2D eigenvalue weighted by Crippen LogP contribution is -2.47. The van der Waals surface area contributed by atoms with Crippen molar-refractivity contribution in [2.24, 2.45) is 0 Å². The first-order chi connectivity index (χ1) is 15.4. The van der Waals surface area contributed by atoms with Crippen molar-refractivity contribution in [1.29, 1.82) is 0 Å². The Labute approximate surface area is 205 Å². The Bertz CT molecular complexity index is 1080. The van der Waals surface area contributed by atoms with E-state index in [1.54, 1.807) is 25.7 Å². The summed E-state index contributed by atoms with van der Waals surface area (Å²) in [5.74, 6) is 0. The van der Waals surface area contributed by atoms with Crippen LogP contribution in [0.15, 0.2) is 46.0 Å². The summed E-state index contributed by atoms with van der Waals surface area (Å²) in [5.41, 5.74) is 0.0462. The molecule has 9 nitrogen and oxygen atoms in total. The molecule has 1 N–H and O–H groups in total. The number of non-ortho nitro benzene ring substituents is 1. The van der Waals surface area contributed by atoms with Crippen LogP contribution in [0.25, 0.3) is 0 Å². The predicted octanol–water partition coefficient (Wildman–Crippen LogP) is 4.84. The second-order valence-electron chi connectivity index (χ2n) is 8.80. The maximum atomic E-state index is 13.1. The number of hydrogen-bond acceptors (Lipinski definition) is 7. The number of ether oxygens (including phenoxy) is 1. The molecule has 0 aliphatic carbocycles. The van der Waals surface area contributed by atoms with Crippen LogP contribution >= 0.6 is 27.3 Å². The molecular weight excluding hydrogens is 534 g/mol. The van der Waals surface area contributed by atoms with Gasteiger partial charge in [-0.15, -0.1) is 0 Å². The molecule has 0 saturated carbocycles. The molecule has 180 valence electrons. The van der Waals surface area contributed by atoms with E-state index in [1.807, 2.05) is 16.8 Å². The van der Waals surface area contributed by atoms with Crippen LogP contribution in [0.1, 0.15) is 45.2 Å². The maximum absolute atomic E-state index is 13.1. The van der Waals surface area contributed by atoms with Crippen LogP contribution in [-0.4, -0.2) is 47.3 Å². The van der Waals surface area contributed by atoms with Crippen molar-refractivity contribution < 1.29 is 22.9 Å². The zero-order valence-corrected chi connectivity index (χ0v) is 21.7. The predicted molar refractivity (Wildman–Crippen MR) is 129 cm³/mol. The van der Waals surface area contributed by atoms with Crippen molar-refractivity contribution in [2.75, 3.05) is 6.54 Å². The van der Waals surface area contributed by atoms with Crippen LogP contribution in [0.4, 0.5) is 10.5 Å². The van der Waals surface area contributed by atoms with Crippen LogP contribution in [0.5, 0.6) is 0 Å². The first-order valence-electron chi connectivity index (χ1n) is 10.3. The second kappa shape index (κ2) is 10.1. The van der Waals surface area contributed by atoms with Gasteiger partial charge in [0.05, 0.1) is 15.9 Å². The Kier molecular flexibility index (Phi) is 7.82. The number of hydrogen-bond donors (Lipinski definition) is 1. The number of nitro groups is 1. The summed E-state index contributed by atoms with van der Waals surface area (Å²) in [5, 5.41) is 14.8. The smallest absolute Gasteiger partial charge is 0.410 e. The first-order valence-corrected chi connectivity index (χ1v) is 13.6. The van der Waals surface area contributed by atoms with Gasteiger partial charge in [-0.25, -0.2) is 17.9 Å². The number of alkyl halides is 1. The summed E-state index contributed by atoms with van der Waals surface area (Å²) in [6.07, 6.45) is 0.583. The molecule has 0 bridgehead atoms. The Morgan fingerprint density at radius 1 is 1.24 bits per heavy atom. The monoisotopic (exact) mass is 559 g/mol. The number of likely N-dealkylation sites (tertiary alicyclic amines) is 1. The number of carbonyl (C=O) groups excluding carboxylic acids is 1. The molecule has 1 aliphatic heterocycles. The minimum Gasteiger partial charge on any atom is -0.444 e. The fourth-order valence-corrected chi connectivity index (χ4v) is 6.43. The lowest BCUT2D eigenvalue weighted by molar-refractivity contribution is -0.384. The molecule has 3 rings (SSSR count). The maximum Gasteiger partial charge on any atom is 0.410 e. The molecule has 1 aromatic heterocycles. The summed E-state index contributed by atoms with van der Waals surface area (Å²) in [6.45, 7) is 5.46. The first kappa shape index (κ1) is 25.6. The third-order valence-electron chi connectivity index (χ3n) is 5.08. The summed E-state index contributed by atoms with van der Waals surface area (Å²) >= 11 is 5.22. The van der Waals surface area contributed by atoms with Gasteiger partial charge in [-0.1, -0.05) is 15.9 Å². The second-order valence-corrected chi connectivity index (χ2v) is 12.5. The van der Waals surface area contributed by atoms with Crippen LogP contribution in [0.2, 0.25) is 0 Å². The van der Waals surface area contributed by atoms with E-state index in [9.17, 15) is 23.3 Å². The summed E-state index contributed by atoms with van der Waals surface area (Å²) in [4.78, 5) is 24.8. The van der Waals surface area contributed by atoms with E-state index < -0.39 is 32.7 Å². The van der Waals surface area contributed by atoms with E-state index in [1.165, 1.54) is 23.5 Å². The standard InChI is InChI=1S/C21H26BrN3O6S2/c1-21(2,3)31-20(26)24-12-15(4-9-18(22)19(24)14-10-11-32-13-14)23-33(29,30)17-7-5-16(6-8-17)25(27)28/h5-8,10-11,13,15,18-19,23H,4,9,12H2,1-3H3/t15-,18+,19-/m1/s1. The molecule has 0 radical (unpaired) electrons. The highest BCUT2D eigenvalue weighted by atomic mass is 79.9. The fourth-order valence-electron chi connectivity index (χ4n) is 3.63. The van der Waals surface area contributed by atoms with Crippen LogP contribution in [0.3, 0.4) is 0 Å². The highest BCUT2D eigenvalue weighted by Crippen LogP contribution is 2.37. The minimum atomic E-state index is -3.96. The number of benzene rings is 1. The summed E-state index contributed by atoms with van der Waals surface area (Å²) in [7, 11) is -3.96. The Balaban J connectivity index is 1.87. The SMILES string of the molecule is CC(C)(C)OC(=O)N1C[C@H](NS(=O)(=O)c2ccc([N+](=O)[O-])cc2)CC[C@H](Br)[C@H]1c1ccsc1. The van der Waals surface area contributed by atoms with Crippen molar-refractivity contribution in [3.63, 3.8) is 0 Å². The van der Waals surface area contributed by atoms with Gasteiger partial charge in [0.1, 0.15) is 5.60 Å². The number of amides is 1. The highest BCUT2D eigenvalue weighted by molar-refractivity contribution is 9.09. The van der Waals surface area contributed by atoms with E-state index in [0.717, 1.165) is 17.7 Å². The zero-order valence-electron chi connectivity index (χ0n) is 18.4. The fraction of sp³-hybridized carbons (Fsp3) is 0.476. The molecule has 33 heavy (non-hydrogen) atoms. The van der Waals surface area contributed by atoms with Gasteiger partial charge in [0.2, 0.25) is 10.0 Å². The third-order valence-corrected chi connectivity index (χ3v) is 8.28. The largest absolute Gasteiger partial charge is 0.444 e. The van der Waals surface area contributed by atoms with Crippen molar-refractivity contribution in [1.82, 2.24) is 9.62 Å². The molecule has 0 unspecified atom stereocenters. The number of nitro benzene ring substituents is 1. The lowest BCUT2D eigenvalue weighted by Gasteiger charge is -2.35. The normalized spacial score (nSPS) is 21.9. The molecular formula is C21H26BrN3O6S2. The molecule has 12 heteroatoms. The van der Waals surface area contributed by atoms with Gasteiger partial charge < -0.3 is 4.74 Å². The Morgan fingerprint density at radius 2 is 1.91 bits per heavy atom. The van der Waals surface area contributed by atoms with E-state index in [-0.39, 0.29) is 28.0 Å². The average molecular weight is 560 g/mol. The van der Waals surface area contributed by atoms with Crippen molar-refractivity contribution >= 4 is 49.1 Å². The Morgan fingerprint density at radius 3 is 2.45 bits per heavy atom. The van der Waals surface area contributed by atoms with Gasteiger partial charge in [0.15, 0.2) is 0 Å². The number of sulfonamides is 1. The number of nitrogens with zero attached hydrogens (tertiary/aromatic N) is 2. The van der Waals surface area contributed by atoms with Crippen molar-refractivity contribution in [3.8, 4) is 0 Å². The topological polar surface area (TPSA) is 119 Å². The van der Waals surface area contributed by atoms with Gasteiger partial charge in [-0.05, 0) is 68.1 Å². The number of thiophene rings is 1. The number of rotatable bonds is 5. The number of carbonyl (C=O) groups is 1. The third kappa shape index (κ3) is 6.52. The van der Waals surface area contributed by atoms with Gasteiger partial charge in [-0.2, -0.15) is 11.3 Å². The number of nitrogens with one attached hydrogen (secondary N) is 1. The lowest BCUT2D eigenvalue weighted by atomic mass is 10.0.